The van der Waals surface area contributed by atoms with Crippen LogP contribution in [0.4, 0.5) is 0 Å². The van der Waals surface area contributed by atoms with Crippen molar-refractivity contribution in [1.29, 1.82) is 0 Å². The molecule has 1 heterocycles. The summed E-state index contributed by atoms with van der Waals surface area (Å²) in [6.45, 7) is 2.41. The van der Waals surface area contributed by atoms with Crippen LogP contribution in [-0.4, -0.2) is 21.6 Å². The average Bonchev–Trinajstić information content (AvgIpc) is 2.54. The predicted octanol–water partition coefficient (Wildman–Crippen LogP) is 0.476. The van der Waals surface area contributed by atoms with Gasteiger partial charge in [-0.25, -0.2) is 4.79 Å². The number of nitrogens with one attached hydrogen (secondary N) is 1. The van der Waals surface area contributed by atoms with Gasteiger partial charge in [-0.05, 0) is 12.1 Å². The Labute approximate surface area is 98.7 Å². The summed E-state index contributed by atoms with van der Waals surface area (Å²) in [6, 6.07) is 7.62. The minimum atomic E-state index is -0.0849. The Hall–Kier alpha value is -2.04. The van der Waals surface area contributed by atoms with Gasteiger partial charge in [0.05, 0.1) is 11.0 Å². The lowest BCUT2D eigenvalue weighted by molar-refractivity contribution is -0.118. The highest BCUT2D eigenvalue weighted by molar-refractivity contribution is 5.76. The molecule has 0 aliphatic rings. The van der Waals surface area contributed by atoms with Gasteiger partial charge in [-0.2, -0.15) is 0 Å². The molecule has 0 unspecified atom stereocenters. The molecule has 0 bridgehead atoms. The van der Waals surface area contributed by atoms with Gasteiger partial charge < -0.3 is 5.32 Å². The molecule has 1 aromatic heterocycles. The zero-order valence-electron chi connectivity index (χ0n) is 9.93. The summed E-state index contributed by atoms with van der Waals surface area (Å²) in [5.74, 6) is -0.0849. The summed E-state index contributed by atoms with van der Waals surface area (Å²) in [4.78, 5) is 22.8. The molecule has 0 spiro atoms. The number of rotatable bonds is 3. The zero-order chi connectivity index (χ0) is 12.4. The quantitative estimate of drug-likeness (QED) is 0.838. The number of aromatic nitrogens is 2. The molecule has 0 aliphatic carbocycles. The van der Waals surface area contributed by atoms with Crippen LogP contribution < -0.4 is 11.0 Å². The van der Waals surface area contributed by atoms with Gasteiger partial charge in [0.1, 0.15) is 0 Å². The predicted molar refractivity (Wildman–Crippen MR) is 65.9 cm³/mol. The Morgan fingerprint density at radius 2 is 1.94 bits per heavy atom. The van der Waals surface area contributed by atoms with Crippen molar-refractivity contribution in [1.82, 2.24) is 14.5 Å². The summed E-state index contributed by atoms with van der Waals surface area (Å²) in [5.41, 5.74) is 1.74. The topological polar surface area (TPSA) is 56.0 Å². The summed E-state index contributed by atoms with van der Waals surface area (Å²) in [7, 11) is 1.75. The lowest BCUT2D eigenvalue weighted by Gasteiger charge is -2.03. The molecule has 2 rings (SSSR count). The van der Waals surface area contributed by atoms with E-state index in [0.717, 1.165) is 11.0 Å². The highest BCUT2D eigenvalue weighted by atomic mass is 16.2. The second-order valence-electron chi connectivity index (χ2n) is 3.96. The standard InChI is InChI=1S/C12H15N3O2/c1-9(16)13-7-8-15-11-6-4-3-5-10(11)14(2)12(15)17/h3-6H,7-8H2,1-2H3,(H,13,16). The summed E-state index contributed by atoms with van der Waals surface area (Å²) < 4.78 is 3.29. The van der Waals surface area contributed by atoms with Crippen LogP contribution in [0.25, 0.3) is 11.0 Å². The maximum Gasteiger partial charge on any atom is 0.328 e. The van der Waals surface area contributed by atoms with Crippen LogP contribution in [0, 0.1) is 0 Å². The largest absolute Gasteiger partial charge is 0.355 e. The van der Waals surface area contributed by atoms with E-state index in [9.17, 15) is 9.59 Å². The molecule has 5 nitrogen and oxygen atoms in total. The number of carbonyl (C=O) groups is 1. The molecule has 17 heavy (non-hydrogen) atoms. The molecule has 0 radical (unpaired) electrons. The first-order valence-electron chi connectivity index (χ1n) is 5.50. The van der Waals surface area contributed by atoms with E-state index < -0.39 is 0 Å². The molecular weight excluding hydrogens is 218 g/mol. The fraction of sp³-hybridized carbons (Fsp3) is 0.333. The first-order chi connectivity index (χ1) is 8.11. The molecule has 1 aromatic carbocycles. The van der Waals surface area contributed by atoms with Crippen molar-refractivity contribution in [2.75, 3.05) is 6.54 Å². The van der Waals surface area contributed by atoms with Gasteiger partial charge in [-0.1, -0.05) is 12.1 Å². The van der Waals surface area contributed by atoms with E-state index in [2.05, 4.69) is 5.32 Å². The number of amides is 1. The monoisotopic (exact) mass is 233 g/mol. The fourth-order valence-corrected chi connectivity index (χ4v) is 1.92. The minimum Gasteiger partial charge on any atom is -0.355 e. The van der Waals surface area contributed by atoms with Gasteiger partial charge in [-0.3, -0.25) is 13.9 Å². The van der Waals surface area contributed by atoms with Crippen LogP contribution in [0.5, 0.6) is 0 Å². The van der Waals surface area contributed by atoms with Crippen molar-refractivity contribution in [3.8, 4) is 0 Å². The number of aryl methyl sites for hydroxylation is 1. The molecule has 90 valence electrons. The van der Waals surface area contributed by atoms with Crippen LogP contribution in [0.3, 0.4) is 0 Å². The van der Waals surface area contributed by atoms with Crippen molar-refractivity contribution in [2.24, 2.45) is 7.05 Å². The Morgan fingerprint density at radius 3 is 2.59 bits per heavy atom. The number of carbonyl (C=O) groups excluding carboxylic acids is 1. The van der Waals surface area contributed by atoms with Crippen LogP contribution in [0.2, 0.25) is 0 Å². The Balaban J connectivity index is 2.36. The van der Waals surface area contributed by atoms with Crippen molar-refractivity contribution < 1.29 is 4.79 Å². The van der Waals surface area contributed by atoms with E-state index in [0.29, 0.717) is 13.1 Å². The molecule has 1 amide bonds. The smallest absolute Gasteiger partial charge is 0.328 e. The van der Waals surface area contributed by atoms with Gasteiger partial charge in [0, 0.05) is 27.1 Å². The lowest BCUT2D eigenvalue weighted by Crippen LogP contribution is -2.29. The van der Waals surface area contributed by atoms with Gasteiger partial charge in [0.2, 0.25) is 5.91 Å². The maximum absolute atomic E-state index is 12.0. The van der Waals surface area contributed by atoms with E-state index in [1.54, 1.807) is 16.2 Å². The number of imidazole rings is 1. The number of nitrogens with zero attached hydrogens (tertiary/aromatic N) is 2. The third kappa shape index (κ3) is 2.08. The van der Waals surface area contributed by atoms with Crippen molar-refractivity contribution in [2.45, 2.75) is 13.5 Å². The van der Waals surface area contributed by atoms with Crippen LogP contribution in [0.15, 0.2) is 29.1 Å². The van der Waals surface area contributed by atoms with Crippen molar-refractivity contribution >= 4 is 16.9 Å². The van der Waals surface area contributed by atoms with Crippen LogP contribution >= 0.6 is 0 Å². The Kier molecular flexibility index (Phi) is 2.99. The third-order valence-corrected chi connectivity index (χ3v) is 2.76. The average molecular weight is 233 g/mol. The number of benzene rings is 1. The first-order valence-corrected chi connectivity index (χ1v) is 5.50. The number of hydrogen-bond acceptors (Lipinski definition) is 2. The number of para-hydroxylation sites is 2. The molecule has 5 heteroatoms. The maximum atomic E-state index is 12.0. The SMILES string of the molecule is CC(=O)NCCn1c(=O)n(C)c2ccccc21. The zero-order valence-corrected chi connectivity index (χ0v) is 9.93. The third-order valence-electron chi connectivity index (χ3n) is 2.76. The van der Waals surface area contributed by atoms with E-state index >= 15 is 0 Å². The first kappa shape index (κ1) is 11.4. The lowest BCUT2D eigenvalue weighted by atomic mass is 10.3. The molecule has 0 saturated heterocycles. The van der Waals surface area contributed by atoms with Gasteiger partial charge in [0.25, 0.3) is 0 Å². The van der Waals surface area contributed by atoms with E-state index in [1.165, 1.54) is 6.92 Å². The Morgan fingerprint density at radius 1 is 1.29 bits per heavy atom. The summed E-state index contributed by atoms with van der Waals surface area (Å²) in [5, 5.41) is 2.69. The molecule has 0 atom stereocenters. The molecular formula is C12H15N3O2. The Bertz CT molecular complexity index is 610. The van der Waals surface area contributed by atoms with Crippen molar-refractivity contribution in [3.05, 3.63) is 34.7 Å². The summed E-state index contributed by atoms with van der Waals surface area (Å²) >= 11 is 0. The van der Waals surface area contributed by atoms with E-state index in [4.69, 9.17) is 0 Å². The van der Waals surface area contributed by atoms with Gasteiger partial charge >= 0.3 is 5.69 Å². The molecule has 1 N–H and O–H groups in total. The highest BCUT2D eigenvalue weighted by Crippen LogP contribution is 2.10. The number of hydrogen-bond donors (Lipinski definition) is 1. The second-order valence-corrected chi connectivity index (χ2v) is 3.96. The van der Waals surface area contributed by atoms with Crippen molar-refractivity contribution in [3.63, 3.8) is 0 Å². The second kappa shape index (κ2) is 4.45. The molecule has 2 aromatic rings. The highest BCUT2D eigenvalue weighted by Gasteiger charge is 2.08. The fourth-order valence-electron chi connectivity index (χ4n) is 1.92. The molecule has 0 fully saturated rings. The number of fused-ring (bicyclic) bond motifs is 1. The van der Waals surface area contributed by atoms with Gasteiger partial charge in [-0.15, -0.1) is 0 Å². The van der Waals surface area contributed by atoms with Gasteiger partial charge in [0.15, 0.2) is 0 Å². The normalized spacial score (nSPS) is 10.7. The van der Waals surface area contributed by atoms with Crippen LogP contribution in [-0.2, 0) is 18.4 Å². The molecule has 0 aliphatic heterocycles. The van der Waals surface area contributed by atoms with E-state index in [1.807, 2.05) is 24.3 Å². The van der Waals surface area contributed by atoms with E-state index in [-0.39, 0.29) is 11.6 Å². The minimum absolute atomic E-state index is 0.0587. The van der Waals surface area contributed by atoms with Crippen LogP contribution in [0.1, 0.15) is 6.92 Å². The molecule has 0 saturated carbocycles. The summed E-state index contributed by atoms with van der Waals surface area (Å²) in [6.07, 6.45) is 0.